The molecule has 1 aliphatic rings. The van der Waals surface area contributed by atoms with E-state index in [1.807, 2.05) is 42.7 Å². The van der Waals surface area contributed by atoms with Crippen molar-refractivity contribution in [3.8, 4) is 28.3 Å². The van der Waals surface area contributed by atoms with Crippen LogP contribution in [0.15, 0.2) is 73.1 Å². The smallest absolute Gasteiger partial charge is 0.123 e. The Morgan fingerprint density at radius 3 is 2.51 bits per heavy atom. The Labute approximate surface area is 218 Å². The molecule has 0 aliphatic carbocycles. The summed E-state index contributed by atoms with van der Waals surface area (Å²) in [7, 11) is 5.94. The summed E-state index contributed by atoms with van der Waals surface area (Å²) in [4.78, 5) is 14.1. The highest BCUT2D eigenvalue weighted by molar-refractivity contribution is 5.79. The van der Waals surface area contributed by atoms with Crippen molar-refractivity contribution in [2.75, 3.05) is 40.8 Å². The fourth-order valence-corrected chi connectivity index (χ4v) is 5.14. The van der Waals surface area contributed by atoms with Gasteiger partial charge in [-0.2, -0.15) is 0 Å². The molecule has 0 radical (unpaired) electrons. The first-order valence-corrected chi connectivity index (χ1v) is 12.8. The summed E-state index contributed by atoms with van der Waals surface area (Å²) >= 11 is 0. The second-order valence-corrected chi connectivity index (χ2v) is 9.92. The van der Waals surface area contributed by atoms with E-state index in [-0.39, 0.29) is 11.9 Å². The third-order valence-electron chi connectivity index (χ3n) is 6.99. The number of pyridine rings is 1. The van der Waals surface area contributed by atoms with Gasteiger partial charge in [0.1, 0.15) is 17.4 Å². The highest BCUT2D eigenvalue weighted by Crippen LogP contribution is 2.40. The van der Waals surface area contributed by atoms with Gasteiger partial charge in [-0.3, -0.25) is 9.88 Å². The molecule has 0 spiro atoms. The minimum absolute atomic E-state index is 0.243. The molecule has 0 N–H and O–H groups in total. The summed E-state index contributed by atoms with van der Waals surface area (Å²) in [5, 5.41) is 0. The SMILES string of the molecule is COc1cccc(CN(CCN(C)C)C[C@@H]2CCc3nc(-c4ccc(F)cc4)c(-c4ccncc4)n32)c1. The van der Waals surface area contributed by atoms with Gasteiger partial charge in [-0.15, -0.1) is 0 Å². The number of aryl methyl sites for hydroxylation is 1. The van der Waals surface area contributed by atoms with Crippen molar-refractivity contribution < 1.29 is 9.13 Å². The van der Waals surface area contributed by atoms with Crippen LogP contribution < -0.4 is 4.74 Å². The highest BCUT2D eigenvalue weighted by Gasteiger charge is 2.31. The fraction of sp³-hybridized carbons (Fsp3) is 0.333. The summed E-state index contributed by atoms with van der Waals surface area (Å²) in [5.74, 6) is 1.73. The number of imidazole rings is 1. The maximum atomic E-state index is 13.7. The Morgan fingerprint density at radius 1 is 1.00 bits per heavy atom. The minimum Gasteiger partial charge on any atom is -0.497 e. The van der Waals surface area contributed by atoms with E-state index >= 15 is 0 Å². The molecular formula is C30H34FN5O. The van der Waals surface area contributed by atoms with Crippen molar-refractivity contribution in [1.82, 2.24) is 24.3 Å². The van der Waals surface area contributed by atoms with E-state index in [1.54, 1.807) is 7.11 Å². The average Bonchev–Trinajstić information content (AvgIpc) is 3.48. The molecule has 2 aromatic carbocycles. The van der Waals surface area contributed by atoms with Crippen molar-refractivity contribution in [3.63, 3.8) is 0 Å². The van der Waals surface area contributed by atoms with E-state index in [0.717, 1.165) is 73.1 Å². The van der Waals surface area contributed by atoms with Crippen LogP contribution in [-0.4, -0.2) is 65.2 Å². The van der Waals surface area contributed by atoms with Gasteiger partial charge in [0.2, 0.25) is 0 Å². The number of benzene rings is 2. The van der Waals surface area contributed by atoms with Crippen molar-refractivity contribution >= 4 is 0 Å². The van der Waals surface area contributed by atoms with Gasteiger partial charge in [-0.05, 0) is 74.6 Å². The van der Waals surface area contributed by atoms with Crippen molar-refractivity contribution in [1.29, 1.82) is 0 Å². The number of aromatic nitrogens is 3. The summed E-state index contributed by atoms with van der Waals surface area (Å²) in [6, 6.07) is 19.3. The third-order valence-corrected chi connectivity index (χ3v) is 6.99. The van der Waals surface area contributed by atoms with Gasteiger partial charge < -0.3 is 14.2 Å². The van der Waals surface area contributed by atoms with Crippen LogP contribution in [0.3, 0.4) is 0 Å². The van der Waals surface area contributed by atoms with Crippen LogP contribution in [0.4, 0.5) is 4.39 Å². The number of methoxy groups -OCH3 is 1. The largest absolute Gasteiger partial charge is 0.497 e. The summed E-state index contributed by atoms with van der Waals surface area (Å²) in [6.07, 6.45) is 5.60. The van der Waals surface area contributed by atoms with Crippen LogP contribution in [0, 0.1) is 5.82 Å². The number of rotatable bonds is 10. The zero-order valence-electron chi connectivity index (χ0n) is 21.8. The lowest BCUT2D eigenvalue weighted by Crippen LogP contribution is -2.35. The first-order valence-electron chi connectivity index (χ1n) is 12.8. The number of ether oxygens (including phenoxy) is 1. The zero-order chi connectivity index (χ0) is 25.8. The average molecular weight is 500 g/mol. The second-order valence-electron chi connectivity index (χ2n) is 9.92. The molecule has 3 heterocycles. The zero-order valence-corrected chi connectivity index (χ0v) is 21.8. The highest BCUT2D eigenvalue weighted by atomic mass is 19.1. The van der Waals surface area contributed by atoms with Crippen molar-refractivity contribution in [3.05, 3.63) is 90.3 Å². The van der Waals surface area contributed by atoms with E-state index in [4.69, 9.17) is 9.72 Å². The van der Waals surface area contributed by atoms with E-state index in [0.29, 0.717) is 0 Å². The molecule has 1 atom stereocenters. The molecule has 7 heteroatoms. The molecule has 0 bridgehead atoms. The normalized spacial score (nSPS) is 14.9. The molecule has 0 amide bonds. The summed E-state index contributed by atoms with van der Waals surface area (Å²) in [6.45, 7) is 3.70. The number of likely N-dealkylation sites (N-methyl/N-ethyl adjacent to an activating group) is 1. The Hall–Kier alpha value is -3.55. The molecule has 0 fully saturated rings. The summed E-state index contributed by atoms with van der Waals surface area (Å²) < 4.78 is 21.6. The number of halogens is 1. The molecule has 1 aliphatic heterocycles. The quantitative estimate of drug-likeness (QED) is 0.296. The van der Waals surface area contributed by atoms with Gasteiger partial charge in [0.15, 0.2) is 0 Å². The predicted molar refractivity (Wildman–Crippen MR) is 145 cm³/mol. The van der Waals surface area contributed by atoms with Crippen LogP contribution in [0.2, 0.25) is 0 Å². The molecule has 192 valence electrons. The number of hydrogen-bond acceptors (Lipinski definition) is 5. The van der Waals surface area contributed by atoms with Crippen molar-refractivity contribution in [2.45, 2.75) is 25.4 Å². The molecule has 5 rings (SSSR count). The number of hydrogen-bond donors (Lipinski definition) is 0. The van der Waals surface area contributed by atoms with Crippen LogP contribution in [0.5, 0.6) is 5.75 Å². The van der Waals surface area contributed by atoms with Crippen LogP contribution >= 0.6 is 0 Å². The molecule has 0 unspecified atom stereocenters. The van der Waals surface area contributed by atoms with Crippen LogP contribution in [-0.2, 0) is 13.0 Å². The second kappa shape index (κ2) is 11.2. The monoisotopic (exact) mass is 499 g/mol. The number of fused-ring (bicyclic) bond motifs is 1. The lowest BCUT2D eigenvalue weighted by atomic mass is 10.0. The Bertz CT molecular complexity index is 1320. The first-order chi connectivity index (χ1) is 18.0. The van der Waals surface area contributed by atoms with Gasteiger partial charge in [0.05, 0.1) is 18.5 Å². The Morgan fingerprint density at radius 2 is 1.78 bits per heavy atom. The summed E-state index contributed by atoms with van der Waals surface area (Å²) in [5.41, 5.74) is 5.23. The van der Waals surface area contributed by atoms with Gasteiger partial charge >= 0.3 is 0 Å². The maximum Gasteiger partial charge on any atom is 0.123 e. The van der Waals surface area contributed by atoms with Gasteiger partial charge in [0, 0.05) is 62.2 Å². The molecular weight excluding hydrogens is 465 g/mol. The van der Waals surface area contributed by atoms with E-state index in [1.165, 1.54) is 17.7 Å². The molecule has 0 saturated carbocycles. The molecule has 4 aromatic rings. The Balaban J connectivity index is 1.49. The third kappa shape index (κ3) is 5.73. The molecule has 6 nitrogen and oxygen atoms in total. The maximum absolute atomic E-state index is 13.7. The molecule has 2 aromatic heterocycles. The Kier molecular flexibility index (Phi) is 7.63. The van der Waals surface area contributed by atoms with Crippen molar-refractivity contribution in [2.24, 2.45) is 0 Å². The minimum atomic E-state index is -0.243. The van der Waals surface area contributed by atoms with Crippen LogP contribution in [0.25, 0.3) is 22.5 Å². The topological polar surface area (TPSA) is 46.4 Å². The lowest BCUT2D eigenvalue weighted by molar-refractivity contribution is 0.204. The van der Waals surface area contributed by atoms with E-state index in [2.05, 4.69) is 51.6 Å². The van der Waals surface area contributed by atoms with E-state index in [9.17, 15) is 4.39 Å². The predicted octanol–water partition coefficient (Wildman–Crippen LogP) is 5.31. The van der Waals surface area contributed by atoms with Gasteiger partial charge in [-0.25, -0.2) is 9.37 Å². The fourth-order valence-electron chi connectivity index (χ4n) is 5.14. The number of nitrogens with zero attached hydrogens (tertiary/aromatic N) is 5. The molecule has 37 heavy (non-hydrogen) atoms. The van der Waals surface area contributed by atoms with Gasteiger partial charge in [-0.1, -0.05) is 12.1 Å². The first kappa shape index (κ1) is 25.1. The van der Waals surface area contributed by atoms with Gasteiger partial charge in [0.25, 0.3) is 0 Å². The van der Waals surface area contributed by atoms with E-state index < -0.39 is 0 Å². The standard InChI is InChI=1S/C30H34FN5O/c1-34(2)17-18-35(20-22-5-4-6-27(19-22)37-3)21-26-11-12-28-33-29(23-7-9-25(31)10-8-23)30(36(26)28)24-13-15-32-16-14-24/h4-10,13-16,19,26H,11-12,17-18,20-21H2,1-3H3/t26-/m0/s1. The molecule has 0 saturated heterocycles. The lowest BCUT2D eigenvalue weighted by Gasteiger charge is -2.29. The van der Waals surface area contributed by atoms with Crippen LogP contribution in [0.1, 0.15) is 23.9 Å².